The number of rotatable bonds is 1. The van der Waals surface area contributed by atoms with E-state index in [0.29, 0.717) is 11.3 Å². The van der Waals surface area contributed by atoms with Crippen molar-refractivity contribution in [3.8, 4) is 5.75 Å². The zero-order valence-corrected chi connectivity index (χ0v) is 9.47. The zero-order valence-electron chi connectivity index (χ0n) is 9.47. The molecular formula is C12H11NO4. The van der Waals surface area contributed by atoms with Gasteiger partial charge in [-0.15, -0.1) is 0 Å². The fraction of sp³-hybridized carbons (Fsp3) is 0.167. The van der Waals surface area contributed by atoms with Gasteiger partial charge in [0.15, 0.2) is 0 Å². The average molecular weight is 233 g/mol. The highest BCUT2D eigenvalue weighted by atomic mass is 16.5. The molecule has 0 spiro atoms. The molecule has 0 amide bonds. The molecule has 0 aliphatic rings. The maximum Gasteiger partial charge on any atom is 0.418 e. The van der Waals surface area contributed by atoms with Crippen molar-refractivity contribution in [1.82, 2.24) is 4.57 Å². The van der Waals surface area contributed by atoms with E-state index in [1.807, 2.05) is 0 Å². The summed E-state index contributed by atoms with van der Waals surface area (Å²) < 4.78 is 10.9. The van der Waals surface area contributed by atoms with Crippen LogP contribution in [-0.4, -0.2) is 23.7 Å². The van der Waals surface area contributed by atoms with Crippen molar-refractivity contribution >= 4 is 23.0 Å². The van der Waals surface area contributed by atoms with Crippen LogP contribution < -0.4 is 4.74 Å². The Morgan fingerprint density at radius 3 is 2.65 bits per heavy atom. The Kier molecular flexibility index (Phi) is 2.82. The second-order valence-corrected chi connectivity index (χ2v) is 3.47. The summed E-state index contributed by atoms with van der Waals surface area (Å²) >= 11 is 0. The largest absolute Gasteiger partial charge is 0.452 e. The molecule has 5 heteroatoms. The lowest BCUT2D eigenvalue weighted by Gasteiger charge is -2.04. The molecule has 0 aliphatic heterocycles. The molecule has 2 aromatic rings. The minimum atomic E-state index is -0.486. The smallest absolute Gasteiger partial charge is 0.418 e. The van der Waals surface area contributed by atoms with Gasteiger partial charge in [0.25, 0.3) is 0 Å². The lowest BCUT2D eigenvalue weighted by atomic mass is 10.2. The van der Waals surface area contributed by atoms with Crippen molar-refractivity contribution in [3.05, 3.63) is 30.5 Å². The first-order valence-electron chi connectivity index (χ1n) is 4.99. The highest BCUT2D eigenvalue weighted by Crippen LogP contribution is 2.22. The van der Waals surface area contributed by atoms with Gasteiger partial charge >= 0.3 is 12.1 Å². The van der Waals surface area contributed by atoms with Crippen molar-refractivity contribution in [2.75, 3.05) is 7.11 Å². The molecule has 0 radical (unpaired) electrons. The van der Waals surface area contributed by atoms with Crippen LogP contribution >= 0.6 is 0 Å². The molecule has 0 saturated carbocycles. The number of aromatic nitrogens is 1. The lowest BCUT2D eigenvalue weighted by Crippen LogP contribution is -2.09. The molecule has 17 heavy (non-hydrogen) atoms. The fourth-order valence-corrected chi connectivity index (χ4v) is 1.60. The van der Waals surface area contributed by atoms with Gasteiger partial charge in [0, 0.05) is 24.6 Å². The Bertz CT molecular complexity index is 585. The van der Waals surface area contributed by atoms with Gasteiger partial charge in [-0.25, -0.2) is 4.79 Å². The number of hydrogen-bond acceptors (Lipinski definition) is 4. The average Bonchev–Trinajstić information content (AvgIpc) is 2.70. The van der Waals surface area contributed by atoms with E-state index in [1.54, 1.807) is 30.5 Å². The number of hydrogen-bond donors (Lipinski definition) is 0. The molecule has 0 bridgehead atoms. The van der Waals surface area contributed by atoms with Crippen LogP contribution in [0.15, 0.2) is 30.5 Å². The van der Waals surface area contributed by atoms with Gasteiger partial charge in [0.2, 0.25) is 0 Å². The summed E-state index contributed by atoms with van der Waals surface area (Å²) in [5, 5.41) is 0.867. The Morgan fingerprint density at radius 2 is 2.00 bits per heavy atom. The van der Waals surface area contributed by atoms with Crippen LogP contribution in [0.25, 0.3) is 10.9 Å². The van der Waals surface area contributed by atoms with Crippen LogP contribution in [0.3, 0.4) is 0 Å². The molecule has 0 atom stereocenters. The predicted octanol–water partition coefficient (Wildman–Crippen LogP) is 2.18. The van der Waals surface area contributed by atoms with Crippen molar-refractivity contribution in [3.63, 3.8) is 0 Å². The second-order valence-electron chi connectivity index (χ2n) is 3.47. The summed E-state index contributed by atoms with van der Waals surface area (Å²) in [6.07, 6.45) is 1.12. The van der Waals surface area contributed by atoms with Gasteiger partial charge in [-0.3, -0.25) is 9.36 Å². The van der Waals surface area contributed by atoms with Crippen molar-refractivity contribution < 1.29 is 19.1 Å². The molecule has 1 aromatic carbocycles. The minimum Gasteiger partial charge on any atom is -0.452 e. The van der Waals surface area contributed by atoms with Crippen molar-refractivity contribution in [2.45, 2.75) is 6.92 Å². The first kappa shape index (κ1) is 11.2. The molecular weight excluding hydrogens is 222 g/mol. The third-order valence-electron chi connectivity index (χ3n) is 2.30. The third-order valence-corrected chi connectivity index (χ3v) is 2.30. The molecule has 2 rings (SSSR count). The van der Waals surface area contributed by atoms with Gasteiger partial charge in [0.1, 0.15) is 5.75 Å². The number of carbonyl (C=O) groups excluding carboxylic acids is 2. The van der Waals surface area contributed by atoms with Gasteiger partial charge in [-0.1, -0.05) is 0 Å². The van der Waals surface area contributed by atoms with E-state index in [0.717, 1.165) is 5.39 Å². The zero-order chi connectivity index (χ0) is 12.4. The Labute approximate surface area is 97.5 Å². The molecule has 0 saturated heterocycles. The van der Waals surface area contributed by atoms with E-state index in [4.69, 9.17) is 4.74 Å². The molecule has 5 nitrogen and oxygen atoms in total. The van der Waals surface area contributed by atoms with Gasteiger partial charge in [-0.2, -0.15) is 0 Å². The number of ether oxygens (including phenoxy) is 2. The predicted molar refractivity (Wildman–Crippen MR) is 61.1 cm³/mol. The number of methoxy groups -OCH3 is 1. The molecule has 1 aromatic heterocycles. The SMILES string of the molecule is COC(=O)n1ccc2ccc(OC(C)=O)cc21. The molecule has 88 valence electrons. The Morgan fingerprint density at radius 1 is 1.24 bits per heavy atom. The summed E-state index contributed by atoms with van der Waals surface area (Å²) in [7, 11) is 1.31. The molecule has 0 fully saturated rings. The standard InChI is InChI=1S/C12H11NO4/c1-8(14)17-10-4-3-9-5-6-13(11(9)7-10)12(15)16-2/h3-7H,1-2H3. The van der Waals surface area contributed by atoms with Crippen LogP contribution in [0.5, 0.6) is 5.75 Å². The fourth-order valence-electron chi connectivity index (χ4n) is 1.60. The minimum absolute atomic E-state index is 0.397. The maximum absolute atomic E-state index is 11.5. The van der Waals surface area contributed by atoms with E-state index in [-0.39, 0.29) is 0 Å². The molecule has 0 N–H and O–H groups in total. The van der Waals surface area contributed by atoms with Crippen LogP contribution in [-0.2, 0) is 9.53 Å². The normalized spacial score (nSPS) is 10.2. The lowest BCUT2D eigenvalue weighted by molar-refractivity contribution is -0.131. The summed E-state index contributed by atoms with van der Waals surface area (Å²) in [5.41, 5.74) is 0.635. The number of nitrogens with zero attached hydrogens (tertiary/aromatic N) is 1. The van der Waals surface area contributed by atoms with Gasteiger partial charge < -0.3 is 9.47 Å². The van der Waals surface area contributed by atoms with Gasteiger partial charge in [-0.05, 0) is 18.2 Å². The second kappa shape index (κ2) is 4.29. The van der Waals surface area contributed by atoms with Crippen LogP contribution in [0.2, 0.25) is 0 Å². The number of esters is 1. The molecule has 0 unspecified atom stereocenters. The van der Waals surface area contributed by atoms with Crippen LogP contribution in [0, 0.1) is 0 Å². The maximum atomic E-state index is 11.5. The first-order chi connectivity index (χ1) is 8.11. The van der Waals surface area contributed by atoms with E-state index in [2.05, 4.69) is 4.74 Å². The van der Waals surface area contributed by atoms with Gasteiger partial charge in [0.05, 0.1) is 12.6 Å². The topological polar surface area (TPSA) is 57.5 Å². The van der Waals surface area contributed by atoms with Crippen LogP contribution in [0.1, 0.15) is 6.92 Å². The third kappa shape index (κ3) is 2.13. The van der Waals surface area contributed by atoms with E-state index in [1.165, 1.54) is 18.6 Å². The summed E-state index contributed by atoms with van der Waals surface area (Å²) in [4.78, 5) is 22.3. The summed E-state index contributed by atoms with van der Waals surface area (Å²) in [5.74, 6) is -0.00521. The molecule has 0 aliphatic carbocycles. The number of carbonyl (C=O) groups is 2. The summed E-state index contributed by atoms with van der Waals surface area (Å²) in [6.45, 7) is 1.32. The van der Waals surface area contributed by atoms with Crippen molar-refractivity contribution in [2.24, 2.45) is 0 Å². The first-order valence-corrected chi connectivity index (χ1v) is 4.99. The Balaban J connectivity index is 2.50. The number of fused-ring (bicyclic) bond motifs is 1. The highest BCUT2D eigenvalue weighted by Gasteiger charge is 2.09. The quantitative estimate of drug-likeness (QED) is 0.559. The summed E-state index contributed by atoms with van der Waals surface area (Å²) in [6, 6.07) is 6.84. The highest BCUT2D eigenvalue weighted by molar-refractivity contribution is 5.90. The van der Waals surface area contributed by atoms with E-state index >= 15 is 0 Å². The van der Waals surface area contributed by atoms with E-state index in [9.17, 15) is 9.59 Å². The monoisotopic (exact) mass is 233 g/mol. The van der Waals surface area contributed by atoms with Crippen molar-refractivity contribution in [1.29, 1.82) is 0 Å². The molecule has 1 heterocycles. The Hall–Kier alpha value is -2.30. The number of benzene rings is 1. The van der Waals surface area contributed by atoms with E-state index < -0.39 is 12.1 Å². The van der Waals surface area contributed by atoms with Crippen LogP contribution in [0.4, 0.5) is 4.79 Å².